The van der Waals surface area contributed by atoms with Crippen LogP contribution >= 0.6 is 23.1 Å². The summed E-state index contributed by atoms with van der Waals surface area (Å²) in [4.78, 5) is 10.8. The van der Waals surface area contributed by atoms with Gasteiger partial charge in [0.1, 0.15) is 5.76 Å². The monoisotopic (exact) mass is 427 g/mol. The van der Waals surface area contributed by atoms with E-state index in [0.717, 1.165) is 23.6 Å². The molecule has 0 bridgehead atoms. The van der Waals surface area contributed by atoms with Crippen molar-refractivity contribution in [2.24, 2.45) is 0 Å². The highest BCUT2D eigenvalue weighted by molar-refractivity contribution is 8.01. The van der Waals surface area contributed by atoms with Crippen LogP contribution in [0.4, 0.5) is 10.8 Å². The Morgan fingerprint density at radius 2 is 2.15 bits per heavy atom. The van der Waals surface area contributed by atoms with Crippen molar-refractivity contribution in [3.05, 3.63) is 52.5 Å². The largest absolute Gasteiger partial charge is 0.467 e. The average molecular weight is 427 g/mol. The summed E-state index contributed by atoms with van der Waals surface area (Å²) < 4.78 is 31.5. The third-order valence-electron chi connectivity index (χ3n) is 3.30. The van der Waals surface area contributed by atoms with Crippen LogP contribution in [0.25, 0.3) is 0 Å². The summed E-state index contributed by atoms with van der Waals surface area (Å²) in [6.07, 6.45) is 1.56. The van der Waals surface area contributed by atoms with Gasteiger partial charge in [-0.15, -0.1) is 10.2 Å². The zero-order valence-corrected chi connectivity index (χ0v) is 16.2. The van der Waals surface area contributed by atoms with Gasteiger partial charge in [0.25, 0.3) is 5.69 Å². The van der Waals surface area contributed by atoms with Crippen LogP contribution in [-0.2, 0) is 16.6 Å². The van der Waals surface area contributed by atoms with E-state index in [1.165, 1.54) is 30.5 Å². The Labute approximate surface area is 162 Å². The van der Waals surface area contributed by atoms with Crippen LogP contribution in [-0.4, -0.2) is 30.6 Å². The second kappa shape index (κ2) is 8.04. The second-order valence-corrected chi connectivity index (χ2v) is 9.16. The molecule has 3 aromatic rings. The molecule has 0 atom stereocenters. The lowest BCUT2D eigenvalue weighted by Crippen LogP contribution is -2.18. The first-order valence-corrected chi connectivity index (χ1v) is 10.5. The molecule has 0 saturated carbocycles. The highest BCUT2D eigenvalue weighted by atomic mass is 32.2. The lowest BCUT2D eigenvalue weighted by atomic mass is 10.3. The van der Waals surface area contributed by atoms with Gasteiger partial charge in [0, 0.05) is 6.07 Å². The summed E-state index contributed by atoms with van der Waals surface area (Å²) in [5.74, 6) is 0.733. The zero-order valence-electron chi connectivity index (χ0n) is 13.8. The molecule has 10 nitrogen and oxygen atoms in total. The lowest BCUT2D eigenvalue weighted by Gasteiger charge is -2.05. The van der Waals surface area contributed by atoms with Crippen LogP contribution in [0.1, 0.15) is 5.76 Å². The van der Waals surface area contributed by atoms with E-state index >= 15 is 0 Å². The van der Waals surface area contributed by atoms with Crippen LogP contribution < -0.4 is 10.0 Å². The van der Waals surface area contributed by atoms with Gasteiger partial charge in [0.2, 0.25) is 15.2 Å². The number of hydrogen-bond acceptors (Lipinski definition) is 10. The smallest absolute Gasteiger partial charge is 0.284 e. The van der Waals surface area contributed by atoms with Crippen molar-refractivity contribution >= 4 is 43.9 Å². The van der Waals surface area contributed by atoms with Crippen LogP contribution in [0.5, 0.6) is 0 Å². The first-order valence-electron chi connectivity index (χ1n) is 7.38. The number of sulfonamides is 1. The number of aromatic nitrogens is 2. The molecule has 27 heavy (non-hydrogen) atoms. The number of nitro benzene ring substituents is 1. The van der Waals surface area contributed by atoms with Gasteiger partial charge in [-0.1, -0.05) is 11.3 Å². The lowest BCUT2D eigenvalue weighted by molar-refractivity contribution is -0.388. The summed E-state index contributed by atoms with van der Waals surface area (Å²) in [6, 6.07) is 7.29. The second-order valence-electron chi connectivity index (χ2n) is 5.00. The number of nitro groups is 1. The Morgan fingerprint density at radius 1 is 1.33 bits per heavy atom. The molecule has 3 rings (SSSR count). The van der Waals surface area contributed by atoms with Crippen molar-refractivity contribution in [3.63, 3.8) is 0 Å². The van der Waals surface area contributed by atoms with E-state index in [1.54, 1.807) is 12.3 Å². The minimum absolute atomic E-state index is 0.181. The molecule has 0 unspecified atom stereocenters. The van der Waals surface area contributed by atoms with E-state index in [2.05, 4.69) is 20.2 Å². The molecule has 0 aliphatic carbocycles. The Morgan fingerprint density at radius 3 is 2.81 bits per heavy atom. The fourth-order valence-electron chi connectivity index (χ4n) is 2.00. The van der Waals surface area contributed by atoms with Gasteiger partial charge in [-0.2, -0.15) is 0 Å². The van der Waals surface area contributed by atoms with Gasteiger partial charge in [-0.25, -0.2) is 13.1 Å². The number of benzene rings is 1. The topological polar surface area (TPSA) is 140 Å². The van der Waals surface area contributed by atoms with E-state index in [-0.39, 0.29) is 15.5 Å². The van der Waals surface area contributed by atoms with Gasteiger partial charge in [0.15, 0.2) is 4.34 Å². The Hall–Kier alpha value is -2.48. The van der Waals surface area contributed by atoms with Gasteiger partial charge in [-0.05, 0) is 43.1 Å². The summed E-state index contributed by atoms with van der Waals surface area (Å²) in [6.45, 7) is 0.434. The average Bonchev–Trinajstić information content (AvgIpc) is 3.31. The van der Waals surface area contributed by atoms with E-state index in [9.17, 15) is 18.5 Å². The predicted octanol–water partition coefficient (Wildman–Crippen LogP) is 2.71. The summed E-state index contributed by atoms with van der Waals surface area (Å²) in [5.41, 5.74) is -0.323. The molecule has 0 aliphatic heterocycles. The molecule has 0 saturated heterocycles. The van der Waals surface area contributed by atoms with Gasteiger partial charge in [-0.3, -0.25) is 10.1 Å². The van der Waals surface area contributed by atoms with Crippen LogP contribution in [0.3, 0.4) is 0 Å². The van der Waals surface area contributed by atoms with Gasteiger partial charge >= 0.3 is 0 Å². The summed E-state index contributed by atoms with van der Waals surface area (Å²) >= 11 is 2.26. The van der Waals surface area contributed by atoms with Crippen molar-refractivity contribution in [1.82, 2.24) is 14.9 Å². The zero-order chi connectivity index (χ0) is 19.4. The number of furan rings is 1. The SMILES string of the molecule is CNS(=O)(=O)c1ccc(Sc2nnc(NCc3ccco3)s2)c([N+](=O)[O-])c1. The molecule has 1 aromatic carbocycles. The Balaban J connectivity index is 1.78. The van der Waals surface area contributed by atoms with Crippen molar-refractivity contribution in [2.75, 3.05) is 12.4 Å². The minimum Gasteiger partial charge on any atom is -0.467 e. The normalized spacial score (nSPS) is 11.4. The van der Waals surface area contributed by atoms with Crippen LogP contribution in [0.2, 0.25) is 0 Å². The number of hydrogen-bond donors (Lipinski definition) is 2. The molecule has 142 valence electrons. The Kier molecular flexibility index (Phi) is 5.74. The third-order valence-corrected chi connectivity index (χ3v) is 6.71. The first kappa shape index (κ1) is 19.3. The number of rotatable bonds is 8. The van der Waals surface area contributed by atoms with Crippen molar-refractivity contribution in [2.45, 2.75) is 20.7 Å². The first-order chi connectivity index (χ1) is 12.9. The highest BCUT2D eigenvalue weighted by Gasteiger charge is 2.22. The molecular formula is C14H13N5O5S3. The number of nitrogens with zero attached hydrogens (tertiary/aromatic N) is 3. The fourth-order valence-corrected chi connectivity index (χ4v) is 4.54. The van der Waals surface area contributed by atoms with Crippen LogP contribution in [0.15, 0.2) is 55.1 Å². The maximum atomic E-state index is 11.8. The Bertz CT molecular complexity index is 1050. The summed E-state index contributed by atoms with van der Waals surface area (Å²) in [7, 11) is -2.54. The van der Waals surface area contributed by atoms with Crippen molar-refractivity contribution < 1.29 is 17.8 Å². The molecule has 0 spiro atoms. The number of nitrogens with one attached hydrogen (secondary N) is 2. The van der Waals surface area contributed by atoms with Crippen molar-refractivity contribution in [3.8, 4) is 0 Å². The maximum Gasteiger partial charge on any atom is 0.284 e. The number of anilines is 1. The van der Waals surface area contributed by atoms with E-state index < -0.39 is 14.9 Å². The minimum atomic E-state index is -3.78. The van der Waals surface area contributed by atoms with E-state index in [4.69, 9.17) is 4.42 Å². The maximum absolute atomic E-state index is 11.8. The molecule has 0 radical (unpaired) electrons. The third kappa shape index (κ3) is 4.63. The predicted molar refractivity (Wildman–Crippen MR) is 99.4 cm³/mol. The molecule has 2 aromatic heterocycles. The molecule has 0 fully saturated rings. The molecule has 13 heteroatoms. The van der Waals surface area contributed by atoms with Gasteiger partial charge < -0.3 is 9.73 Å². The van der Waals surface area contributed by atoms with Gasteiger partial charge in [0.05, 0.1) is 27.5 Å². The highest BCUT2D eigenvalue weighted by Crippen LogP contribution is 2.38. The molecule has 2 N–H and O–H groups in total. The summed E-state index contributed by atoms with van der Waals surface area (Å²) in [5, 5.41) is 22.9. The molecule has 0 aliphatic rings. The van der Waals surface area contributed by atoms with E-state index in [1.807, 2.05) is 6.07 Å². The molecular weight excluding hydrogens is 414 g/mol. The standard InChI is InChI=1S/C14H13N5O5S3/c1-15-27(22,23)10-4-5-12(11(7-10)19(20)21)25-14-18-17-13(26-14)16-8-9-3-2-6-24-9/h2-7,15H,8H2,1H3,(H,16,17). The molecule has 2 heterocycles. The fraction of sp³-hybridized carbons (Fsp3) is 0.143. The van der Waals surface area contributed by atoms with Crippen LogP contribution in [0, 0.1) is 10.1 Å². The quantitative estimate of drug-likeness (QED) is 0.410. The van der Waals surface area contributed by atoms with E-state index in [0.29, 0.717) is 16.0 Å². The van der Waals surface area contributed by atoms with Crippen molar-refractivity contribution in [1.29, 1.82) is 0 Å². The molecule has 0 amide bonds.